The average molecular weight is 352 g/mol. The number of nitrogens with zero attached hydrogens (tertiary/aromatic N) is 1. The first-order chi connectivity index (χ1) is 12.5. The number of H-pyrrole nitrogens is 2. The lowest BCUT2D eigenvalue weighted by atomic mass is 9.76. The molecule has 2 aromatic rings. The van der Waals surface area contributed by atoms with Gasteiger partial charge in [-0.15, -0.1) is 0 Å². The van der Waals surface area contributed by atoms with Crippen LogP contribution in [0.25, 0.3) is 0 Å². The minimum absolute atomic E-state index is 0.0525. The molecule has 0 saturated heterocycles. The number of carbonyl (C=O) groups is 1. The molecule has 1 aliphatic carbocycles. The van der Waals surface area contributed by atoms with E-state index in [1.165, 1.54) is 0 Å². The maximum atomic E-state index is 12.7. The molecule has 0 radical (unpaired) electrons. The third-order valence-electron chi connectivity index (χ3n) is 5.03. The number of ketones is 1. The second-order valence-electron chi connectivity index (χ2n) is 6.91. The Morgan fingerprint density at radius 2 is 1.73 bits per heavy atom. The van der Waals surface area contributed by atoms with Gasteiger partial charge in [0.2, 0.25) is 0 Å². The zero-order valence-electron chi connectivity index (χ0n) is 14.7. The minimum atomic E-state index is -0.561. The van der Waals surface area contributed by atoms with Gasteiger partial charge >= 0.3 is 5.69 Å². The molecule has 2 heterocycles. The fourth-order valence-electron chi connectivity index (χ4n) is 3.79. The third-order valence-corrected chi connectivity index (χ3v) is 5.03. The summed E-state index contributed by atoms with van der Waals surface area (Å²) in [6.45, 7) is 0. The molecular formula is C19H20N4O3. The summed E-state index contributed by atoms with van der Waals surface area (Å²) < 4.78 is 0. The fourth-order valence-corrected chi connectivity index (χ4v) is 3.79. The van der Waals surface area contributed by atoms with E-state index >= 15 is 0 Å². The monoisotopic (exact) mass is 352 g/mol. The number of nitrogens with one attached hydrogen (secondary N) is 3. The van der Waals surface area contributed by atoms with E-state index in [-0.39, 0.29) is 5.78 Å². The Kier molecular flexibility index (Phi) is 3.79. The van der Waals surface area contributed by atoms with E-state index < -0.39 is 17.2 Å². The Bertz CT molecular complexity index is 1030. The Balaban J connectivity index is 1.95. The predicted molar refractivity (Wildman–Crippen MR) is 99.8 cm³/mol. The maximum absolute atomic E-state index is 12.7. The van der Waals surface area contributed by atoms with Crippen LogP contribution in [0.15, 0.2) is 45.1 Å². The summed E-state index contributed by atoms with van der Waals surface area (Å²) in [5.74, 6) is -0.0450. The van der Waals surface area contributed by atoms with Gasteiger partial charge in [0.15, 0.2) is 5.78 Å². The van der Waals surface area contributed by atoms with E-state index in [4.69, 9.17) is 0 Å². The van der Waals surface area contributed by atoms with Crippen molar-refractivity contribution in [3.63, 3.8) is 0 Å². The van der Waals surface area contributed by atoms with E-state index in [0.717, 1.165) is 29.8 Å². The van der Waals surface area contributed by atoms with Gasteiger partial charge in [0.1, 0.15) is 5.82 Å². The molecule has 1 aromatic heterocycles. The van der Waals surface area contributed by atoms with Crippen molar-refractivity contribution in [2.45, 2.75) is 25.2 Å². The van der Waals surface area contributed by atoms with Crippen LogP contribution in [0, 0.1) is 0 Å². The quantitative estimate of drug-likeness (QED) is 0.764. The number of rotatable bonds is 2. The molecule has 134 valence electrons. The highest BCUT2D eigenvalue weighted by molar-refractivity contribution is 6.00. The van der Waals surface area contributed by atoms with Crippen molar-refractivity contribution in [1.82, 2.24) is 9.97 Å². The summed E-state index contributed by atoms with van der Waals surface area (Å²) in [4.78, 5) is 43.9. The van der Waals surface area contributed by atoms with Gasteiger partial charge in [-0.25, -0.2) is 4.79 Å². The summed E-state index contributed by atoms with van der Waals surface area (Å²) in [6, 6.07) is 7.80. The first kappa shape index (κ1) is 16.4. The molecule has 7 heteroatoms. The topological polar surface area (TPSA) is 98.1 Å². The van der Waals surface area contributed by atoms with E-state index in [2.05, 4.69) is 15.3 Å². The smallest absolute Gasteiger partial charge is 0.327 e. The van der Waals surface area contributed by atoms with Crippen molar-refractivity contribution < 1.29 is 4.79 Å². The second kappa shape index (κ2) is 6.01. The van der Waals surface area contributed by atoms with Crippen LogP contribution in [0.2, 0.25) is 0 Å². The van der Waals surface area contributed by atoms with Crippen LogP contribution in [-0.4, -0.2) is 29.8 Å². The van der Waals surface area contributed by atoms with Crippen LogP contribution in [0.3, 0.4) is 0 Å². The van der Waals surface area contributed by atoms with Gasteiger partial charge in [-0.3, -0.25) is 19.6 Å². The van der Waals surface area contributed by atoms with Gasteiger partial charge in [-0.2, -0.15) is 0 Å². The van der Waals surface area contributed by atoms with Crippen LogP contribution in [0.5, 0.6) is 0 Å². The Hall–Kier alpha value is -3.09. The third kappa shape index (κ3) is 2.56. The lowest BCUT2D eigenvalue weighted by Gasteiger charge is -2.32. The molecule has 1 aromatic carbocycles. The number of allylic oxidation sites excluding steroid dienone is 2. The highest BCUT2D eigenvalue weighted by atomic mass is 16.2. The largest absolute Gasteiger partial charge is 0.378 e. The van der Waals surface area contributed by atoms with Crippen LogP contribution in [0.4, 0.5) is 11.5 Å². The lowest BCUT2D eigenvalue weighted by molar-refractivity contribution is -0.116. The first-order valence-corrected chi connectivity index (χ1v) is 8.62. The summed E-state index contributed by atoms with van der Waals surface area (Å²) in [7, 11) is 3.91. The Morgan fingerprint density at radius 1 is 1.00 bits per heavy atom. The summed E-state index contributed by atoms with van der Waals surface area (Å²) in [6.07, 6.45) is 1.96. The number of fused-ring (bicyclic) bond motifs is 1. The summed E-state index contributed by atoms with van der Waals surface area (Å²) in [5, 5.41) is 3.12. The molecule has 4 rings (SSSR count). The van der Waals surface area contributed by atoms with Crippen molar-refractivity contribution in [2.24, 2.45) is 0 Å². The first-order valence-electron chi connectivity index (χ1n) is 8.62. The van der Waals surface area contributed by atoms with Gasteiger partial charge in [0.05, 0.1) is 5.56 Å². The molecule has 0 bridgehead atoms. The number of anilines is 2. The second-order valence-corrected chi connectivity index (χ2v) is 6.91. The van der Waals surface area contributed by atoms with Crippen molar-refractivity contribution >= 4 is 17.3 Å². The summed E-state index contributed by atoms with van der Waals surface area (Å²) >= 11 is 0. The van der Waals surface area contributed by atoms with Crippen LogP contribution in [0.1, 0.15) is 36.3 Å². The van der Waals surface area contributed by atoms with Crippen molar-refractivity contribution in [2.75, 3.05) is 24.3 Å². The predicted octanol–water partition coefficient (Wildman–Crippen LogP) is 1.69. The fraction of sp³-hybridized carbons (Fsp3) is 0.316. The molecule has 3 N–H and O–H groups in total. The molecule has 0 amide bonds. The molecular weight excluding hydrogens is 332 g/mol. The number of carbonyl (C=O) groups excluding carboxylic acids is 1. The lowest BCUT2D eigenvalue weighted by Crippen LogP contribution is -2.36. The van der Waals surface area contributed by atoms with E-state index in [1.54, 1.807) is 0 Å². The van der Waals surface area contributed by atoms with Crippen LogP contribution < -0.4 is 21.5 Å². The molecule has 1 unspecified atom stereocenters. The molecule has 26 heavy (non-hydrogen) atoms. The van der Waals surface area contributed by atoms with Crippen LogP contribution in [-0.2, 0) is 4.79 Å². The zero-order chi connectivity index (χ0) is 18.4. The normalized spacial score (nSPS) is 18.8. The van der Waals surface area contributed by atoms with Crippen molar-refractivity contribution in [3.8, 4) is 0 Å². The van der Waals surface area contributed by atoms with E-state index in [0.29, 0.717) is 23.4 Å². The molecule has 0 saturated carbocycles. The average Bonchev–Trinajstić information content (AvgIpc) is 2.60. The number of aromatic nitrogens is 2. The number of hydrogen-bond donors (Lipinski definition) is 3. The van der Waals surface area contributed by atoms with Gasteiger partial charge in [-0.05, 0) is 30.5 Å². The van der Waals surface area contributed by atoms with Crippen molar-refractivity contribution in [3.05, 3.63) is 67.5 Å². The van der Waals surface area contributed by atoms with Gasteiger partial charge < -0.3 is 10.2 Å². The summed E-state index contributed by atoms with van der Waals surface area (Å²) in [5.41, 5.74) is 2.69. The van der Waals surface area contributed by atoms with E-state index in [1.807, 2.05) is 43.3 Å². The maximum Gasteiger partial charge on any atom is 0.327 e. The standard InChI is InChI=1S/C19H20N4O3/c1-23(2)11-8-6-10(7-9-11)14-15-12(4-3-5-13(15)24)20-17-16(14)18(25)22-19(26)21-17/h6-9,14H,3-5H2,1-2H3,(H3,20,21,22,25,26). The van der Waals surface area contributed by atoms with Crippen molar-refractivity contribution in [1.29, 1.82) is 0 Å². The Labute approximate surface area is 149 Å². The molecule has 1 aliphatic heterocycles. The molecule has 7 nitrogen and oxygen atoms in total. The number of hydrogen-bond acceptors (Lipinski definition) is 5. The zero-order valence-corrected chi connectivity index (χ0v) is 14.7. The number of aromatic amines is 2. The van der Waals surface area contributed by atoms with Crippen LogP contribution >= 0.6 is 0 Å². The van der Waals surface area contributed by atoms with E-state index in [9.17, 15) is 14.4 Å². The SMILES string of the molecule is CN(C)c1ccc(C2C3=C(CCCC3=O)Nc3[nH]c(=O)[nH]c(=O)c32)cc1. The molecule has 1 atom stereocenters. The Morgan fingerprint density at radius 3 is 2.42 bits per heavy atom. The van der Waals surface area contributed by atoms with Gasteiger partial charge in [0, 0.05) is 43.4 Å². The molecule has 2 aliphatic rings. The highest BCUT2D eigenvalue weighted by Gasteiger charge is 2.37. The number of benzene rings is 1. The minimum Gasteiger partial charge on any atom is -0.378 e. The highest BCUT2D eigenvalue weighted by Crippen LogP contribution is 2.42. The van der Waals surface area contributed by atoms with Gasteiger partial charge in [0.25, 0.3) is 5.56 Å². The molecule has 0 fully saturated rings. The molecule has 0 spiro atoms. The van der Waals surface area contributed by atoms with Gasteiger partial charge in [-0.1, -0.05) is 12.1 Å². The number of Topliss-reactive ketones (excluding diaryl/α,β-unsaturated/α-hetero) is 1.